The summed E-state index contributed by atoms with van der Waals surface area (Å²) in [5.41, 5.74) is 4.60. The molecule has 5 rings (SSSR count). The van der Waals surface area contributed by atoms with Crippen LogP contribution in [0.1, 0.15) is 31.0 Å². The number of allylic oxidation sites excluding steroid dienone is 1. The molecule has 3 aromatic carbocycles. The molecule has 0 fully saturated rings. The molecule has 1 aliphatic heterocycles. The maximum atomic E-state index is 13.9. The number of hydrogen-bond donors (Lipinski definition) is 2. The monoisotopic (exact) mass is 495 g/mol. The number of benzene rings is 3. The second kappa shape index (κ2) is 10.2. The van der Waals surface area contributed by atoms with E-state index < -0.39 is 6.04 Å². The second-order valence-electron chi connectivity index (χ2n) is 8.76. The van der Waals surface area contributed by atoms with Crippen LogP contribution in [0.25, 0.3) is 11.4 Å². The van der Waals surface area contributed by atoms with Crippen LogP contribution in [-0.2, 0) is 4.79 Å². The van der Waals surface area contributed by atoms with Crippen LogP contribution in [0.5, 0.6) is 11.5 Å². The van der Waals surface area contributed by atoms with Gasteiger partial charge in [0.25, 0.3) is 5.91 Å². The van der Waals surface area contributed by atoms with E-state index in [0.29, 0.717) is 46.8 Å². The van der Waals surface area contributed by atoms with Crippen molar-refractivity contribution in [3.05, 3.63) is 95.2 Å². The van der Waals surface area contributed by atoms with Gasteiger partial charge in [-0.05, 0) is 45.0 Å². The van der Waals surface area contributed by atoms with Gasteiger partial charge in [-0.2, -0.15) is 4.98 Å². The summed E-state index contributed by atoms with van der Waals surface area (Å²) in [5.74, 6) is 2.12. The third-order valence-corrected chi connectivity index (χ3v) is 6.24. The molecule has 4 aromatic rings. The van der Waals surface area contributed by atoms with Crippen molar-refractivity contribution >= 4 is 17.5 Å². The third-order valence-electron chi connectivity index (χ3n) is 6.24. The molecule has 1 unspecified atom stereocenters. The van der Waals surface area contributed by atoms with Gasteiger partial charge in [-0.1, -0.05) is 54.1 Å². The Balaban J connectivity index is 1.64. The Labute approximate surface area is 216 Å². The number of ether oxygens (including phenoxy) is 2. The van der Waals surface area contributed by atoms with Crippen molar-refractivity contribution in [1.29, 1.82) is 0 Å². The number of fused-ring (bicyclic) bond motifs is 1. The Bertz CT molecular complexity index is 1490. The lowest BCUT2D eigenvalue weighted by atomic mass is 9.94. The van der Waals surface area contributed by atoms with Crippen LogP contribution in [0.2, 0.25) is 0 Å². The lowest BCUT2D eigenvalue weighted by Crippen LogP contribution is -2.31. The maximum Gasteiger partial charge on any atom is 0.255 e. The average Bonchev–Trinajstić information content (AvgIpc) is 3.32. The van der Waals surface area contributed by atoms with E-state index >= 15 is 0 Å². The fraction of sp³-hybridized carbons (Fsp3) is 0.207. The van der Waals surface area contributed by atoms with Crippen molar-refractivity contribution in [2.75, 3.05) is 24.4 Å². The van der Waals surface area contributed by atoms with Crippen molar-refractivity contribution in [3.8, 4) is 22.9 Å². The van der Waals surface area contributed by atoms with E-state index in [1.54, 1.807) is 11.8 Å². The van der Waals surface area contributed by atoms with Crippen molar-refractivity contribution in [2.45, 2.75) is 26.8 Å². The van der Waals surface area contributed by atoms with Crippen molar-refractivity contribution in [1.82, 2.24) is 14.8 Å². The van der Waals surface area contributed by atoms with Crippen molar-refractivity contribution in [2.24, 2.45) is 0 Å². The van der Waals surface area contributed by atoms with Gasteiger partial charge in [0, 0.05) is 16.8 Å². The van der Waals surface area contributed by atoms with Gasteiger partial charge >= 0.3 is 0 Å². The van der Waals surface area contributed by atoms with Gasteiger partial charge in [0.15, 0.2) is 5.82 Å². The first-order valence-corrected chi connectivity index (χ1v) is 12.2. The number of para-hydroxylation sites is 3. The Morgan fingerprint density at radius 3 is 2.54 bits per heavy atom. The third kappa shape index (κ3) is 4.65. The summed E-state index contributed by atoms with van der Waals surface area (Å²) in [5, 5.41) is 11.2. The van der Waals surface area contributed by atoms with Gasteiger partial charge in [-0.3, -0.25) is 4.79 Å². The van der Waals surface area contributed by atoms with Gasteiger partial charge in [0.2, 0.25) is 5.95 Å². The summed E-state index contributed by atoms with van der Waals surface area (Å²) >= 11 is 0. The van der Waals surface area contributed by atoms with E-state index in [9.17, 15) is 4.79 Å². The zero-order chi connectivity index (χ0) is 25.9. The molecule has 0 saturated heterocycles. The summed E-state index contributed by atoms with van der Waals surface area (Å²) in [7, 11) is 1.58. The smallest absolute Gasteiger partial charge is 0.255 e. The predicted molar refractivity (Wildman–Crippen MR) is 144 cm³/mol. The van der Waals surface area contributed by atoms with E-state index in [1.165, 1.54) is 0 Å². The number of carbonyl (C=O) groups is 1. The molecule has 1 aromatic heterocycles. The number of nitrogens with zero attached hydrogens (tertiary/aromatic N) is 3. The minimum Gasteiger partial charge on any atom is -0.495 e. The van der Waals surface area contributed by atoms with E-state index in [-0.39, 0.29) is 5.91 Å². The quantitative estimate of drug-likeness (QED) is 0.347. The summed E-state index contributed by atoms with van der Waals surface area (Å²) in [6, 6.07) is 22.5. The number of methoxy groups -OCH3 is 1. The molecular weight excluding hydrogens is 466 g/mol. The van der Waals surface area contributed by atoms with Crippen LogP contribution >= 0.6 is 0 Å². The largest absolute Gasteiger partial charge is 0.495 e. The van der Waals surface area contributed by atoms with Gasteiger partial charge in [-0.25, -0.2) is 4.68 Å². The van der Waals surface area contributed by atoms with Crippen LogP contribution in [0, 0.1) is 6.92 Å². The average molecular weight is 496 g/mol. The molecule has 37 heavy (non-hydrogen) atoms. The highest BCUT2D eigenvalue weighted by molar-refractivity contribution is 6.06. The van der Waals surface area contributed by atoms with Gasteiger partial charge in [0.05, 0.1) is 25.0 Å². The van der Waals surface area contributed by atoms with Crippen LogP contribution in [0.4, 0.5) is 11.6 Å². The summed E-state index contributed by atoms with van der Waals surface area (Å²) in [6.45, 7) is 6.33. The maximum absolute atomic E-state index is 13.9. The van der Waals surface area contributed by atoms with Crippen LogP contribution < -0.4 is 20.1 Å². The van der Waals surface area contributed by atoms with Gasteiger partial charge < -0.3 is 20.1 Å². The highest BCUT2D eigenvalue weighted by Crippen LogP contribution is 2.40. The van der Waals surface area contributed by atoms with Crippen molar-refractivity contribution in [3.63, 3.8) is 0 Å². The summed E-state index contributed by atoms with van der Waals surface area (Å²) in [6.07, 6.45) is 0. The molecule has 1 atom stereocenters. The number of nitrogens with one attached hydrogen (secondary N) is 2. The minimum atomic E-state index is -0.570. The number of carbonyl (C=O) groups excluding carboxylic acids is 1. The normalized spacial score (nSPS) is 14.5. The molecule has 188 valence electrons. The Morgan fingerprint density at radius 2 is 1.78 bits per heavy atom. The predicted octanol–water partition coefficient (Wildman–Crippen LogP) is 5.59. The molecule has 8 heteroatoms. The molecule has 0 saturated carbocycles. The lowest BCUT2D eigenvalue weighted by molar-refractivity contribution is -0.113. The van der Waals surface area contributed by atoms with E-state index in [4.69, 9.17) is 19.6 Å². The molecule has 2 heterocycles. The Kier molecular flexibility index (Phi) is 6.64. The highest BCUT2D eigenvalue weighted by atomic mass is 16.5. The number of hydrogen-bond acceptors (Lipinski definition) is 6. The second-order valence-corrected chi connectivity index (χ2v) is 8.76. The molecular formula is C29H29N5O3. The highest BCUT2D eigenvalue weighted by Gasteiger charge is 2.36. The summed E-state index contributed by atoms with van der Waals surface area (Å²) < 4.78 is 13.2. The Hall–Kier alpha value is -4.59. The molecule has 0 radical (unpaired) electrons. The number of amides is 1. The molecule has 1 amide bonds. The fourth-order valence-electron chi connectivity index (χ4n) is 4.57. The standard InChI is InChI=1S/C29H29N5O3/c1-5-37-23-15-8-6-13-21(23)26-25(28(35)31-22-14-7-9-16-24(22)36-4)19(3)30-29-32-27(33-34(26)29)20-12-10-11-18(2)17-20/h6-17,26H,5H2,1-4H3,(H,31,35)(H,30,32,33). The first-order chi connectivity index (χ1) is 18.0. The zero-order valence-corrected chi connectivity index (χ0v) is 21.3. The van der Waals surface area contributed by atoms with E-state index in [0.717, 1.165) is 16.7 Å². The molecule has 0 bridgehead atoms. The molecule has 1 aliphatic rings. The number of aromatic nitrogens is 3. The van der Waals surface area contributed by atoms with Gasteiger partial charge in [0.1, 0.15) is 17.5 Å². The van der Waals surface area contributed by atoms with Crippen LogP contribution in [0.15, 0.2) is 84.1 Å². The molecule has 0 spiro atoms. The minimum absolute atomic E-state index is 0.274. The molecule has 2 N–H and O–H groups in total. The Morgan fingerprint density at radius 1 is 1.03 bits per heavy atom. The van der Waals surface area contributed by atoms with E-state index in [1.807, 2.05) is 93.6 Å². The van der Waals surface area contributed by atoms with Crippen molar-refractivity contribution < 1.29 is 14.3 Å². The van der Waals surface area contributed by atoms with Crippen LogP contribution in [-0.4, -0.2) is 34.4 Å². The van der Waals surface area contributed by atoms with Gasteiger partial charge in [-0.15, -0.1) is 5.10 Å². The molecule has 0 aliphatic carbocycles. The topological polar surface area (TPSA) is 90.3 Å². The summed E-state index contributed by atoms with van der Waals surface area (Å²) in [4.78, 5) is 18.6. The van der Waals surface area contributed by atoms with E-state index in [2.05, 4.69) is 10.6 Å². The fourth-order valence-corrected chi connectivity index (χ4v) is 4.57. The lowest BCUT2D eigenvalue weighted by Gasteiger charge is -2.29. The SMILES string of the molecule is CCOc1ccccc1C1C(C(=O)Nc2ccccc2OC)=C(C)Nc2nc(-c3cccc(C)c3)nn21. The molecule has 8 nitrogen and oxygen atoms in total. The zero-order valence-electron chi connectivity index (χ0n) is 21.3. The first-order valence-electron chi connectivity index (χ1n) is 12.2. The first kappa shape index (κ1) is 24.1. The number of rotatable bonds is 7. The number of anilines is 2. The van der Waals surface area contributed by atoms with Crippen LogP contribution in [0.3, 0.4) is 0 Å². The number of aryl methyl sites for hydroxylation is 1.